The fourth-order valence-electron chi connectivity index (χ4n) is 3.86. The minimum atomic E-state index is -0.855. The van der Waals surface area contributed by atoms with Gasteiger partial charge in [0.15, 0.2) is 0 Å². The molecule has 1 saturated heterocycles. The summed E-state index contributed by atoms with van der Waals surface area (Å²) in [5.74, 6) is -0.0620. The number of aromatic carboxylic acids is 1. The predicted molar refractivity (Wildman–Crippen MR) is 88.4 cm³/mol. The van der Waals surface area contributed by atoms with E-state index in [0.29, 0.717) is 17.4 Å². The van der Waals surface area contributed by atoms with Crippen LogP contribution in [0.1, 0.15) is 54.9 Å². The molecule has 4 heteroatoms. The molecule has 1 N–H and O–H groups in total. The van der Waals surface area contributed by atoms with Crippen molar-refractivity contribution in [2.24, 2.45) is 11.3 Å². The van der Waals surface area contributed by atoms with Gasteiger partial charge in [-0.15, -0.1) is 0 Å². The molecule has 23 heavy (non-hydrogen) atoms. The number of carboxylic acids is 1. The standard InChI is InChI=1S/C19H25NO3/c1-19(9-4-10-19)18(23)20-11-7-14(8-12-20)13-15-5-2-3-6-16(15)17(21)22/h2-3,5-6,14H,4,7-13H2,1H3,(H,21,22). The van der Waals surface area contributed by atoms with Crippen LogP contribution in [-0.2, 0) is 11.2 Å². The van der Waals surface area contributed by atoms with E-state index in [0.717, 1.165) is 50.8 Å². The zero-order valence-electron chi connectivity index (χ0n) is 13.8. The fourth-order valence-corrected chi connectivity index (χ4v) is 3.86. The Morgan fingerprint density at radius 2 is 1.87 bits per heavy atom. The fraction of sp³-hybridized carbons (Fsp3) is 0.579. The number of piperidine rings is 1. The van der Waals surface area contributed by atoms with E-state index in [-0.39, 0.29) is 5.41 Å². The van der Waals surface area contributed by atoms with Gasteiger partial charge in [0.2, 0.25) is 5.91 Å². The third kappa shape index (κ3) is 3.26. The van der Waals surface area contributed by atoms with E-state index in [1.54, 1.807) is 12.1 Å². The predicted octanol–water partition coefficient (Wildman–Crippen LogP) is 3.36. The van der Waals surface area contributed by atoms with Crippen LogP contribution in [0.4, 0.5) is 0 Å². The molecule has 1 aliphatic carbocycles. The van der Waals surface area contributed by atoms with E-state index in [4.69, 9.17) is 0 Å². The molecule has 0 unspecified atom stereocenters. The summed E-state index contributed by atoms with van der Waals surface area (Å²) in [6, 6.07) is 7.26. The topological polar surface area (TPSA) is 57.6 Å². The van der Waals surface area contributed by atoms with E-state index in [2.05, 4.69) is 6.92 Å². The van der Waals surface area contributed by atoms with Crippen LogP contribution in [0, 0.1) is 11.3 Å². The Bertz CT molecular complexity index is 598. The van der Waals surface area contributed by atoms with Crippen LogP contribution in [0.3, 0.4) is 0 Å². The van der Waals surface area contributed by atoms with Gasteiger partial charge in [0.05, 0.1) is 5.56 Å². The smallest absolute Gasteiger partial charge is 0.335 e. The van der Waals surface area contributed by atoms with Gasteiger partial charge >= 0.3 is 5.97 Å². The molecule has 1 amide bonds. The molecule has 0 radical (unpaired) electrons. The Balaban J connectivity index is 1.57. The average molecular weight is 315 g/mol. The lowest BCUT2D eigenvalue weighted by atomic mass is 9.69. The lowest BCUT2D eigenvalue weighted by molar-refractivity contribution is -0.147. The second-order valence-corrected chi connectivity index (χ2v) is 7.32. The molecule has 0 bridgehead atoms. The summed E-state index contributed by atoms with van der Waals surface area (Å²) in [4.78, 5) is 25.9. The molecule has 1 aliphatic heterocycles. The van der Waals surface area contributed by atoms with Crippen LogP contribution in [0.15, 0.2) is 24.3 Å². The average Bonchev–Trinajstić information content (AvgIpc) is 2.53. The third-order valence-corrected chi connectivity index (χ3v) is 5.63. The third-order valence-electron chi connectivity index (χ3n) is 5.63. The second kappa shape index (κ2) is 6.34. The zero-order valence-corrected chi connectivity index (χ0v) is 13.8. The molecule has 2 aliphatic rings. The molecule has 1 aromatic carbocycles. The maximum Gasteiger partial charge on any atom is 0.335 e. The normalized spacial score (nSPS) is 20.8. The van der Waals surface area contributed by atoms with Gasteiger partial charge in [0.25, 0.3) is 0 Å². The van der Waals surface area contributed by atoms with E-state index < -0.39 is 5.97 Å². The second-order valence-electron chi connectivity index (χ2n) is 7.32. The minimum absolute atomic E-state index is 0.108. The number of hydrogen-bond donors (Lipinski definition) is 1. The number of amides is 1. The highest BCUT2D eigenvalue weighted by Crippen LogP contribution is 2.42. The molecule has 124 valence electrons. The van der Waals surface area contributed by atoms with E-state index in [9.17, 15) is 14.7 Å². The van der Waals surface area contributed by atoms with E-state index in [1.807, 2.05) is 17.0 Å². The molecule has 2 fully saturated rings. The summed E-state index contributed by atoms with van der Waals surface area (Å²) >= 11 is 0. The first kappa shape index (κ1) is 16.0. The molecular formula is C19H25NO3. The number of carbonyl (C=O) groups excluding carboxylic acids is 1. The number of benzene rings is 1. The number of hydrogen-bond acceptors (Lipinski definition) is 2. The first-order valence-electron chi connectivity index (χ1n) is 8.60. The summed E-state index contributed by atoms with van der Waals surface area (Å²) in [7, 11) is 0. The van der Waals surface area contributed by atoms with Gasteiger partial charge in [-0.1, -0.05) is 31.5 Å². The Morgan fingerprint density at radius 3 is 2.43 bits per heavy atom. The number of rotatable bonds is 4. The molecule has 0 aromatic heterocycles. The molecule has 1 aromatic rings. The van der Waals surface area contributed by atoms with Gasteiger partial charge in [0.1, 0.15) is 0 Å². The van der Waals surface area contributed by atoms with Crippen molar-refractivity contribution in [2.45, 2.75) is 45.4 Å². The van der Waals surface area contributed by atoms with Crippen LogP contribution in [0.5, 0.6) is 0 Å². The van der Waals surface area contributed by atoms with Crippen LogP contribution < -0.4 is 0 Å². The van der Waals surface area contributed by atoms with Gasteiger partial charge in [-0.2, -0.15) is 0 Å². The maximum atomic E-state index is 12.6. The lowest BCUT2D eigenvalue weighted by Gasteiger charge is -2.43. The maximum absolute atomic E-state index is 12.6. The van der Waals surface area contributed by atoms with Crippen molar-refractivity contribution in [1.29, 1.82) is 0 Å². The summed E-state index contributed by atoms with van der Waals surface area (Å²) in [6.45, 7) is 3.72. The Hall–Kier alpha value is -1.84. The molecule has 3 rings (SSSR count). The quantitative estimate of drug-likeness (QED) is 0.927. The summed E-state index contributed by atoms with van der Waals surface area (Å²) in [5.41, 5.74) is 1.21. The Kier molecular flexibility index (Phi) is 4.42. The summed E-state index contributed by atoms with van der Waals surface area (Å²) in [5, 5.41) is 9.28. The van der Waals surface area contributed by atoms with Crippen LogP contribution >= 0.6 is 0 Å². The van der Waals surface area contributed by atoms with Crippen molar-refractivity contribution in [2.75, 3.05) is 13.1 Å². The first-order chi connectivity index (χ1) is 11.0. The van der Waals surface area contributed by atoms with Crippen LogP contribution in [-0.4, -0.2) is 35.0 Å². The van der Waals surface area contributed by atoms with Crippen molar-refractivity contribution in [3.8, 4) is 0 Å². The molecule has 1 heterocycles. The summed E-state index contributed by atoms with van der Waals surface area (Å²) in [6.07, 6.45) is 5.95. The molecule has 1 saturated carbocycles. The van der Waals surface area contributed by atoms with Crippen molar-refractivity contribution < 1.29 is 14.7 Å². The van der Waals surface area contributed by atoms with Crippen molar-refractivity contribution in [3.63, 3.8) is 0 Å². The van der Waals surface area contributed by atoms with Crippen LogP contribution in [0.2, 0.25) is 0 Å². The minimum Gasteiger partial charge on any atom is -0.478 e. The molecule has 0 atom stereocenters. The summed E-state index contributed by atoms with van der Waals surface area (Å²) < 4.78 is 0. The number of carboxylic acid groups (broad SMARTS) is 1. The first-order valence-corrected chi connectivity index (χ1v) is 8.60. The molecule has 0 spiro atoms. The van der Waals surface area contributed by atoms with E-state index >= 15 is 0 Å². The Labute approximate surface area is 137 Å². The molecule has 4 nitrogen and oxygen atoms in total. The van der Waals surface area contributed by atoms with Gasteiger partial charge < -0.3 is 10.0 Å². The zero-order chi connectivity index (χ0) is 16.4. The highest BCUT2D eigenvalue weighted by Gasteiger charge is 2.42. The van der Waals surface area contributed by atoms with Gasteiger partial charge in [-0.3, -0.25) is 4.79 Å². The van der Waals surface area contributed by atoms with Crippen LogP contribution in [0.25, 0.3) is 0 Å². The largest absolute Gasteiger partial charge is 0.478 e. The van der Waals surface area contributed by atoms with Gasteiger partial charge in [-0.05, 0) is 49.7 Å². The van der Waals surface area contributed by atoms with Crippen molar-refractivity contribution in [1.82, 2.24) is 4.90 Å². The number of likely N-dealkylation sites (tertiary alicyclic amines) is 1. The van der Waals surface area contributed by atoms with Crippen molar-refractivity contribution in [3.05, 3.63) is 35.4 Å². The Morgan fingerprint density at radius 1 is 1.22 bits per heavy atom. The number of nitrogens with zero attached hydrogens (tertiary/aromatic N) is 1. The highest BCUT2D eigenvalue weighted by molar-refractivity contribution is 5.89. The van der Waals surface area contributed by atoms with Crippen molar-refractivity contribution >= 4 is 11.9 Å². The lowest BCUT2D eigenvalue weighted by Crippen LogP contribution is -2.49. The van der Waals surface area contributed by atoms with Gasteiger partial charge in [0, 0.05) is 18.5 Å². The highest BCUT2D eigenvalue weighted by atomic mass is 16.4. The van der Waals surface area contributed by atoms with Gasteiger partial charge in [-0.25, -0.2) is 4.79 Å². The van der Waals surface area contributed by atoms with E-state index in [1.165, 1.54) is 6.42 Å². The number of carbonyl (C=O) groups is 2. The molecular weight excluding hydrogens is 290 g/mol. The SMILES string of the molecule is CC1(C(=O)N2CCC(Cc3ccccc3C(=O)O)CC2)CCC1. The monoisotopic (exact) mass is 315 g/mol.